The largest absolute Gasteiger partial charge is 0.494 e. The van der Waals surface area contributed by atoms with Crippen molar-refractivity contribution in [1.29, 1.82) is 0 Å². The van der Waals surface area contributed by atoms with E-state index in [9.17, 15) is 14.7 Å². The molecule has 27 heavy (non-hydrogen) atoms. The molecule has 3 N–H and O–H groups in total. The van der Waals surface area contributed by atoms with Gasteiger partial charge >= 0.3 is 0 Å². The molecule has 0 spiro atoms. The number of Topliss-reactive ketones (excluding diaryl/α,β-unsaturated/α-hetero) is 1. The predicted molar refractivity (Wildman–Crippen MR) is 101 cm³/mol. The molecule has 0 atom stereocenters. The van der Waals surface area contributed by atoms with E-state index in [2.05, 4.69) is 4.98 Å². The highest BCUT2D eigenvalue weighted by Gasteiger charge is 2.16. The van der Waals surface area contributed by atoms with Crippen molar-refractivity contribution in [3.63, 3.8) is 0 Å². The van der Waals surface area contributed by atoms with Crippen LogP contribution in [0, 0.1) is 4.77 Å². The summed E-state index contributed by atoms with van der Waals surface area (Å²) in [5, 5.41) is 19.3. The Kier molecular flexibility index (Phi) is 5.49. The van der Waals surface area contributed by atoms with Crippen molar-refractivity contribution in [2.24, 2.45) is 0 Å². The molecule has 7 nitrogen and oxygen atoms in total. The molecule has 0 aliphatic heterocycles. The van der Waals surface area contributed by atoms with E-state index in [1.165, 1.54) is 4.57 Å². The van der Waals surface area contributed by atoms with Crippen LogP contribution in [0.25, 0.3) is 5.69 Å². The van der Waals surface area contributed by atoms with Crippen LogP contribution in [0.5, 0.6) is 17.4 Å². The van der Waals surface area contributed by atoms with Crippen LogP contribution in [0.2, 0.25) is 0 Å². The number of ether oxygens (including phenoxy) is 1. The quantitative estimate of drug-likeness (QED) is 0.564. The highest BCUT2D eigenvalue weighted by atomic mass is 32.1. The van der Waals surface area contributed by atoms with Gasteiger partial charge in [0.2, 0.25) is 5.88 Å². The number of hydrogen-bond donors (Lipinski definition) is 3. The van der Waals surface area contributed by atoms with Crippen molar-refractivity contribution in [3.8, 4) is 23.1 Å². The number of aromatic amines is 1. The van der Waals surface area contributed by atoms with Crippen LogP contribution in [0.1, 0.15) is 5.56 Å². The average molecular weight is 384 g/mol. The molecule has 0 aliphatic carbocycles. The maximum atomic E-state index is 12.0. The lowest BCUT2D eigenvalue weighted by Crippen LogP contribution is -2.22. The van der Waals surface area contributed by atoms with Gasteiger partial charge in [-0.3, -0.25) is 19.1 Å². The lowest BCUT2D eigenvalue weighted by Gasteiger charge is -2.13. The first-order valence-corrected chi connectivity index (χ1v) is 8.43. The Labute approximate surface area is 159 Å². The zero-order chi connectivity index (χ0) is 19.4. The maximum Gasteiger partial charge on any atom is 0.259 e. The van der Waals surface area contributed by atoms with Crippen molar-refractivity contribution in [3.05, 3.63) is 75.3 Å². The summed E-state index contributed by atoms with van der Waals surface area (Å²) < 4.78 is 6.93. The number of nitrogens with one attached hydrogen (secondary N) is 1. The second kappa shape index (κ2) is 7.98. The number of aliphatic hydroxyl groups excluding tert-OH is 1. The second-order valence-electron chi connectivity index (χ2n) is 5.68. The molecule has 138 valence electrons. The summed E-state index contributed by atoms with van der Waals surface area (Å²) in [5.74, 6) is 0.225. The summed E-state index contributed by atoms with van der Waals surface area (Å²) >= 11 is 5.13. The highest BCUT2D eigenvalue weighted by molar-refractivity contribution is 7.71. The van der Waals surface area contributed by atoms with Gasteiger partial charge in [0.05, 0.1) is 11.3 Å². The minimum atomic E-state index is -0.722. The van der Waals surface area contributed by atoms with Gasteiger partial charge in [-0.15, -0.1) is 0 Å². The number of benzene rings is 2. The van der Waals surface area contributed by atoms with Crippen LogP contribution < -0.4 is 10.3 Å². The Bertz CT molecular complexity index is 1070. The molecular weight excluding hydrogens is 368 g/mol. The van der Waals surface area contributed by atoms with Gasteiger partial charge in [0.1, 0.15) is 18.1 Å². The summed E-state index contributed by atoms with van der Waals surface area (Å²) in [7, 11) is 0. The molecule has 3 rings (SSSR count). The lowest BCUT2D eigenvalue weighted by molar-refractivity contribution is -0.121. The lowest BCUT2D eigenvalue weighted by atomic mass is 10.1. The molecule has 2 aromatic carbocycles. The molecule has 0 amide bonds. The minimum absolute atomic E-state index is 0.0191. The number of aromatic hydroxyl groups is 1. The second-order valence-corrected chi connectivity index (χ2v) is 6.07. The van der Waals surface area contributed by atoms with Gasteiger partial charge in [-0.2, -0.15) is 0 Å². The van der Waals surface area contributed by atoms with E-state index in [4.69, 9.17) is 22.1 Å². The number of carbonyl (C=O) groups is 1. The molecule has 8 heteroatoms. The van der Waals surface area contributed by atoms with E-state index in [1.54, 1.807) is 24.3 Å². The van der Waals surface area contributed by atoms with Gasteiger partial charge in [-0.05, 0) is 48.6 Å². The number of rotatable bonds is 6. The highest BCUT2D eigenvalue weighted by Crippen LogP contribution is 2.25. The maximum absolute atomic E-state index is 12.0. The third-order valence-corrected chi connectivity index (χ3v) is 4.09. The first kappa shape index (κ1) is 18.6. The average Bonchev–Trinajstić information content (AvgIpc) is 2.67. The normalized spacial score (nSPS) is 10.6. The molecular formula is C19H16N2O5S. The van der Waals surface area contributed by atoms with Gasteiger partial charge < -0.3 is 14.9 Å². The molecule has 0 aliphatic rings. The fraction of sp³-hybridized carbons (Fsp3) is 0.105. The van der Waals surface area contributed by atoms with Crippen molar-refractivity contribution < 1.29 is 19.7 Å². The minimum Gasteiger partial charge on any atom is -0.494 e. The van der Waals surface area contributed by atoms with Crippen LogP contribution in [0.4, 0.5) is 0 Å². The summed E-state index contributed by atoms with van der Waals surface area (Å²) in [6.07, 6.45) is -0.400. The topological polar surface area (TPSA) is 105 Å². The summed E-state index contributed by atoms with van der Waals surface area (Å²) in [5.41, 5.74) is -0.348. The predicted octanol–water partition coefficient (Wildman–Crippen LogP) is 2.50. The van der Waals surface area contributed by atoms with E-state index in [1.807, 2.05) is 30.3 Å². The third kappa shape index (κ3) is 4.13. The third-order valence-electron chi connectivity index (χ3n) is 3.80. The van der Waals surface area contributed by atoms with E-state index >= 15 is 0 Å². The molecule has 0 saturated heterocycles. The number of hydrogen-bond acceptors (Lipinski definition) is 6. The van der Waals surface area contributed by atoms with Crippen molar-refractivity contribution in [2.45, 2.75) is 6.42 Å². The molecule has 3 aromatic rings. The number of ketones is 1. The molecule has 0 radical (unpaired) electrons. The first-order valence-electron chi connectivity index (χ1n) is 8.02. The van der Waals surface area contributed by atoms with E-state index < -0.39 is 30.3 Å². The van der Waals surface area contributed by atoms with Gasteiger partial charge in [0.15, 0.2) is 10.6 Å². The number of aromatic nitrogens is 2. The molecule has 0 unspecified atom stereocenters. The summed E-state index contributed by atoms with van der Waals surface area (Å²) in [4.78, 5) is 25.9. The Balaban J connectivity index is 1.96. The van der Waals surface area contributed by atoms with Crippen molar-refractivity contribution in [1.82, 2.24) is 9.55 Å². The Morgan fingerprint density at radius 2 is 1.70 bits per heavy atom. The van der Waals surface area contributed by atoms with Crippen LogP contribution in [-0.4, -0.2) is 32.2 Å². The SMILES string of the molecule is O=C(CO)Cc1c(O)n(-c2ccc(Oc3ccccc3)cc2)c(=S)[nH]c1=O. The summed E-state index contributed by atoms with van der Waals surface area (Å²) in [6.45, 7) is -0.722. The van der Waals surface area contributed by atoms with Gasteiger partial charge in [0.25, 0.3) is 5.56 Å². The van der Waals surface area contributed by atoms with Crippen molar-refractivity contribution >= 4 is 18.0 Å². The Hall–Kier alpha value is -3.23. The zero-order valence-electron chi connectivity index (χ0n) is 14.1. The zero-order valence-corrected chi connectivity index (χ0v) is 14.9. The molecule has 0 saturated carbocycles. The molecule has 0 fully saturated rings. The summed E-state index contributed by atoms with van der Waals surface area (Å²) in [6, 6.07) is 15.9. The fourth-order valence-corrected chi connectivity index (χ4v) is 2.79. The van der Waals surface area contributed by atoms with E-state index in [0.29, 0.717) is 17.2 Å². The number of para-hydroxylation sites is 1. The standard InChI is InChI=1S/C19H16N2O5S/c22-11-13(23)10-16-17(24)20-19(27)21(18(16)25)12-6-8-15(9-7-12)26-14-4-2-1-3-5-14/h1-9,22,25H,10-11H2,(H,20,24,27). The van der Waals surface area contributed by atoms with Gasteiger partial charge in [-0.25, -0.2) is 0 Å². The Morgan fingerprint density at radius 1 is 1.07 bits per heavy atom. The number of H-pyrrole nitrogens is 1. The fourth-order valence-electron chi connectivity index (χ4n) is 2.50. The van der Waals surface area contributed by atoms with E-state index in [0.717, 1.165) is 0 Å². The van der Waals surface area contributed by atoms with Crippen LogP contribution in [-0.2, 0) is 11.2 Å². The smallest absolute Gasteiger partial charge is 0.259 e. The monoisotopic (exact) mass is 384 g/mol. The van der Waals surface area contributed by atoms with Crippen LogP contribution in [0.15, 0.2) is 59.4 Å². The van der Waals surface area contributed by atoms with E-state index in [-0.39, 0.29) is 10.3 Å². The number of aliphatic hydroxyl groups is 1. The van der Waals surface area contributed by atoms with Gasteiger partial charge in [-0.1, -0.05) is 18.2 Å². The van der Waals surface area contributed by atoms with Gasteiger partial charge in [0, 0.05) is 6.42 Å². The van der Waals surface area contributed by atoms with Crippen LogP contribution >= 0.6 is 12.2 Å². The molecule has 1 heterocycles. The molecule has 1 aromatic heterocycles. The first-order chi connectivity index (χ1) is 13.0. The van der Waals surface area contributed by atoms with Crippen molar-refractivity contribution in [2.75, 3.05) is 6.61 Å². The van der Waals surface area contributed by atoms with Crippen LogP contribution in [0.3, 0.4) is 0 Å². The molecule has 0 bridgehead atoms. The number of nitrogens with zero attached hydrogens (tertiary/aromatic N) is 1. The number of carbonyl (C=O) groups excluding carboxylic acids is 1. The Morgan fingerprint density at radius 3 is 2.33 bits per heavy atom.